The molecule has 8 nitrogen and oxygen atoms in total. The Bertz CT molecular complexity index is 971. The summed E-state index contributed by atoms with van der Waals surface area (Å²) in [6, 6.07) is 15.0. The minimum atomic E-state index is -0.806. The van der Waals surface area contributed by atoms with Gasteiger partial charge in [0.25, 0.3) is 0 Å². The quantitative estimate of drug-likeness (QED) is 0.486. The molecule has 1 heterocycles. The first-order valence-electron chi connectivity index (χ1n) is 10.2. The highest BCUT2D eigenvalue weighted by molar-refractivity contribution is 5.76. The predicted molar refractivity (Wildman–Crippen MR) is 115 cm³/mol. The predicted octanol–water partition coefficient (Wildman–Crippen LogP) is 2.93. The molecular weight excluding hydrogens is 398 g/mol. The van der Waals surface area contributed by atoms with Crippen LogP contribution in [0, 0.1) is 6.92 Å². The second-order valence-corrected chi connectivity index (χ2v) is 7.05. The van der Waals surface area contributed by atoms with Crippen LogP contribution in [0.15, 0.2) is 53.1 Å². The minimum Gasteiger partial charge on any atom is -0.494 e. The molecule has 3 aromatic rings. The van der Waals surface area contributed by atoms with Gasteiger partial charge in [-0.05, 0) is 55.8 Å². The van der Waals surface area contributed by atoms with Crippen LogP contribution < -0.4 is 14.8 Å². The molecule has 1 unspecified atom stereocenters. The molecule has 3 rings (SSSR count). The fraction of sp³-hybridized carbons (Fsp3) is 0.348. The van der Waals surface area contributed by atoms with Crippen molar-refractivity contribution in [2.45, 2.75) is 32.8 Å². The molecule has 0 spiro atoms. The molecule has 1 amide bonds. The van der Waals surface area contributed by atoms with E-state index in [1.54, 1.807) is 0 Å². The van der Waals surface area contributed by atoms with Crippen molar-refractivity contribution in [1.82, 2.24) is 15.5 Å². The van der Waals surface area contributed by atoms with Crippen molar-refractivity contribution in [2.75, 3.05) is 19.8 Å². The first kappa shape index (κ1) is 22.3. The van der Waals surface area contributed by atoms with Gasteiger partial charge in [-0.1, -0.05) is 17.3 Å². The Kier molecular flexibility index (Phi) is 8.00. The first-order chi connectivity index (χ1) is 15.0. The van der Waals surface area contributed by atoms with E-state index in [0.717, 1.165) is 16.9 Å². The lowest BCUT2D eigenvalue weighted by molar-refractivity contribution is -0.121. The van der Waals surface area contributed by atoms with Crippen LogP contribution in [-0.4, -0.2) is 47.0 Å². The van der Waals surface area contributed by atoms with E-state index >= 15 is 0 Å². The molecule has 0 aliphatic rings. The molecule has 0 saturated heterocycles. The molecule has 0 saturated carbocycles. The van der Waals surface area contributed by atoms with Crippen molar-refractivity contribution in [1.29, 1.82) is 0 Å². The zero-order valence-corrected chi connectivity index (χ0v) is 17.7. The maximum absolute atomic E-state index is 12.0. The fourth-order valence-corrected chi connectivity index (χ4v) is 2.84. The number of nitrogens with one attached hydrogen (secondary N) is 1. The van der Waals surface area contributed by atoms with Crippen molar-refractivity contribution in [3.05, 3.63) is 60.0 Å². The lowest BCUT2D eigenvalue weighted by Crippen LogP contribution is -2.35. The van der Waals surface area contributed by atoms with Gasteiger partial charge in [0.1, 0.15) is 24.2 Å². The van der Waals surface area contributed by atoms with Crippen molar-refractivity contribution < 1.29 is 23.9 Å². The minimum absolute atomic E-state index is 0.0961. The van der Waals surface area contributed by atoms with Gasteiger partial charge in [-0.2, -0.15) is 4.98 Å². The van der Waals surface area contributed by atoms with Crippen molar-refractivity contribution >= 4 is 5.91 Å². The molecule has 0 bridgehead atoms. The number of amides is 1. The molecule has 164 valence electrons. The molecule has 2 aromatic carbocycles. The van der Waals surface area contributed by atoms with Crippen LogP contribution in [0.4, 0.5) is 0 Å². The van der Waals surface area contributed by atoms with E-state index in [1.165, 1.54) is 0 Å². The molecule has 1 atom stereocenters. The monoisotopic (exact) mass is 425 g/mol. The number of ether oxygens (including phenoxy) is 2. The second-order valence-electron chi connectivity index (χ2n) is 7.05. The highest BCUT2D eigenvalue weighted by Gasteiger charge is 2.12. The number of hydrogen-bond acceptors (Lipinski definition) is 7. The number of rotatable bonds is 11. The van der Waals surface area contributed by atoms with Gasteiger partial charge >= 0.3 is 0 Å². The highest BCUT2D eigenvalue weighted by Crippen LogP contribution is 2.20. The van der Waals surface area contributed by atoms with Gasteiger partial charge in [-0.15, -0.1) is 0 Å². The number of benzene rings is 2. The van der Waals surface area contributed by atoms with Gasteiger partial charge in [-0.3, -0.25) is 4.79 Å². The fourth-order valence-electron chi connectivity index (χ4n) is 2.84. The Balaban J connectivity index is 1.38. The van der Waals surface area contributed by atoms with E-state index in [4.69, 9.17) is 14.0 Å². The summed E-state index contributed by atoms with van der Waals surface area (Å²) in [5.41, 5.74) is 1.88. The van der Waals surface area contributed by atoms with E-state index < -0.39 is 6.10 Å². The topological polar surface area (TPSA) is 107 Å². The summed E-state index contributed by atoms with van der Waals surface area (Å²) >= 11 is 0. The Morgan fingerprint density at radius 1 is 1.16 bits per heavy atom. The molecule has 8 heteroatoms. The molecule has 0 aliphatic carbocycles. The number of nitrogens with zero attached hydrogens (tertiary/aromatic N) is 2. The molecule has 1 aromatic heterocycles. The van der Waals surface area contributed by atoms with Crippen LogP contribution in [0.1, 0.15) is 24.8 Å². The molecule has 31 heavy (non-hydrogen) atoms. The van der Waals surface area contributed by atoms with Crippen LogP contribution in [0.25, 0.3) is 11.4 Å². The number of aliphatic hydroxyl groups is 1. The summed E-state index contributed by atoms with van der Waals surface area (Å²) in [6.07, 6.45) is -0.318. The highest BCUT2D eigenvalue weighted by atomic mass is 16.5. The van der Waals surface area contributed by atoms with Gasteiger partial charge in [0, 0.05) is 24.9 Å². The zero-order chi connectivity index (χ0) is 22.1. The van der Waals surface area contributed by atoms with Gasteiger partial charge < -0.3 is 24.4 Å². The molecule has 2 N–H and O–H groups in total. The summed E-state index contributed by atoms with van der Waals surface area (Å²) in [4.78, 5) is 16.4. The van der Waals surface area contributed by atoms with E-state index in [-0.39, 0.29) is 25.5 Å². The van der Waals surface area contributed by atoms with Crippen LogP contribution in [-0.2, 0) is 11.2 Å². The van der Waals surface area contributed by atoms with E-state index in [1.807, 2.05) is 62.4 Å². The number of carbonyl (C=O) groups is 1. The number of aryl methyl sites for hydroxylation is 2. The number of hydrogen-bond donors (Lipinski definition) is 2. The summed E-state index contributed by atoms with van der Waals surface area (Å²) in [7, 11) is 0. The van der Waals surface area contributed by atoms with Gasteiger partial charge in [-0.25, -0.2) is 0 Å². The Morgan fingerprint density at radius 2 is 1.97 bits per heavy atom. The van der Waals surface area contributed by atoms with Gasteiger partial charge in [0.2, 0.25) is 17.6 Å². The molecule has 0 fully saturated rings. The summed E-state index contributed by atoms with van der Waals surface area (Å²) in [5.74, 6) is 2.09. The molecular formula is C23H27N3O5. The van der Waals surface area contributed by atoms with Gasteiger partial charge in [0.15, 0.2) is 0 Å². The van der Waals surface area contributed by atoms with Gasteiger partial charge in [0.05, 0.1) is 6.61 Å². The molecule has 0 aliphatic heterocycles. The zero-order valence-electron chi connectivity index (χ0n) is 17.7. The Morgan fingerprint density at radius 3 is 2.71 bits per heavy atom. The Hall–Kier alpha value is -3.39. The normalized spacial score (nSPS) is 11.7. The number of aromatic nitrogens is 2. The Labute approximate surface area is 181 Å². The maximum Gasteiger partial charge on any atom is 0.227 e. The summed E-state index contributed by atoms with van der Waals surface area (Å²) in [6.45, 7) is 4.69. The first-order valence-corrected chi connectivity index (χ1v) is 10.2. The SMILES string of the molecule is CCOc1ccc(-c2noc(CCC(=O)NCC(O)COc3cccc(C)c3)n2)cc1. The van der Waals surface area contributed by atoms with Crippen molar-refractivity contribution in [3.63, 3.8) is 0 Å². The van der Waals surface area contributed by atoms with E-state index in [9.17, 15) is 9.90 Å². The molecule has 0 radical (unpaired) electrons. The third-order valence-corrected chi connectivity index (χ3v) is 4.42. The standard InChI is InChI=1S/C23H27N3O5/c1-3-29-19-9-7-17(8-10-19)23-25-22(31-26-23)12-11-21(28)24-14-18(27)15-30-20-6-4-5-16(2)13-20/h4-10,13,18,27H,3,11-12,14-15H2,1-2H3,(H,24,28). The summed E-state index contributed by atoms with van der Waals surface area (Å²) in [5, 5.41) is 16.6. The number of aliphatic hydroxyl groups excluding tert-OH is 1. The third-order valence-electron chi connectivity index (χ3n) is 4.42. The lowest BCUT2D eigenvalue weighted by atomic mass is 10.2. The second kappa shape index (κ2) is 11.1. The van der Waals surface area contributed by atoms with Crippen LogP contribution >= 0.6 is 0 Å². The average Bonchev–Trinajstić information content (AvgIpc) is 3.25. The van der Waals surface area contributed by atoms with Crippen molar-refractivity contribution in [3.8, 4) is 22.9 Å². The van der Waals surface area contributed by atoms with Crippen LogP contribution in [0.3, 0.4) is 0 Å². The van der Waals surface area contributed by atoms with E-state index in [2.05, 4.69) is 15.5 Å². The van der Waals surface area contributed by atoms with E-state index in [0.29, 0.717) is 30.5 Å². The van der Waals surface area contributed by atoms with Crippen LogP contribution in [0.2, 0.25) is 0 Å². The number of carbonyl (C=O) groups excluding carboxylic acids is 1. The van der Waals surface area contributed by atoms with Crippen molar-refractivity contribution in [2.24, 2.45) is 0 Å². The lowest BCUT2D eigenvalue weighted by Gasteiger charge is -2.13. The largest absolute Gasteiger partial charge is 0.494 e. The summed E-state index contributed by atoms with van der Waals surface area (Å²) < 4.78 is 16.2. The average molecular weight is 425 g/mol. The van der Waals surface area contributed by atoms with Crippen LogP contribution in [0.5, 0.6) is 11.5 Å². The smallest absolute Gasteiger partial charge is 0.227 e. The third kappa shape index (κ3) is 7.11. The maximum atomic E-state index is 12.0.